The molecule has 0 aliphatic carbocycles. The van der Waals surface area contributed by atoms with Gasteiger partial charge in [-0.25, -0.2) is 0 Å². The minimum atomic E-state index is 0.341. The van der Waals surface area contributed by atoms with Gasteiger partial charge in [-0.3, -0.25) is 4.90 Å². The van der Waals surface area contributed by atoms with Gasteiger partial charge in [0.05, 0.1) is 12.7 Å². The maximum absolute atomic E-state index is 5.65. The predicted molar refractivity (Wildman–Crippen MR) is 71.1 cm³/mol. The minimum Gasteiger partial charge on any atom is -0.377 e. The summed E-state index contributed by atoms with van der Waals surface area (Å²) in [6, 6.07) is 11.4. The van der Waals surface area contributed by atoms with Crippen LogP contribution < -0.4 is 0 Å². The van der Waals surface area contributed by atoms with Crippen LogP contribution in [0.15, 0.2) is 30.3 Å². The molecule has 2 nitrogen and oxygen atoms in total. The lowest BCUT2D eigenvalue weighted by molar-refractivity contribution is 0.0563. The lowest BCUT2D eigenvalue weighted by Crippen LogP contribution is -2.28. The maximum atomic E-state index is 5.65. The van der Waals surface area contributed by atoms with E-state index in [-0.39, 0.29) is 0 Å². The van der Waals surface area contributed by atoms with E-state index in [0.717, 1.165) is 13.2 Å². The van der Waals surface area contributed by atoms with Gasteiger partial charge in [-0.05, 0) is 38.8 Å². The van der Waals surface area contributed by atoms with E-state index in [0.29, 0.717) is 12.1 Å². The summed E-state index contributed by atoms with van der Waals surface area (Å²) in [5.41, 5.74) is 1.45. The molecular weight excluding hydrogens is 210 g/mol. The van der Waals surface area contributed by atoms with Gasteiger partial charge in [0.2, 0.25) is 0 Å². The Morgan fingerprint density at radius 1 is 1.29 bits per heavy atom. The zero-order chi connectivity index (χ0) is 12.1. The summed E-state index contributed by atoms with van der Waals surface area (Å²) in [7, 11) is 0. The summed E-state index contributed by atoms with van der Waals surface area (Å²) in [4.78, 5) is 2.55. The number of nitrogens with zero attached hydrogens (tertiary/aromatic N) is 1. The molecule has 1 saturated heterocycles. The SMILES string of the molecule is CC(C)OCCN1CCCC1c1ccccc1. The Balaban J connectivity index is 1.89. The summed E-state index contributed by atoms with van der Waals surface area (Å²) in [5.74, 6) is 0. The van der Waals surface area contributed by atoms with Crippen molar-refractivity contribution in [3.8, 4) is 0 Å². The van der Waals surface area contributed by atoms with Crippen molar-refractivity contribution in [2.24, 2.45) is 0 Å². The standard InChI is InChI=1S/C15H23NO/c1-13(2)17-12-11-16-10-6-9-15(16)14-7-4-3-5-8-14/h3-5,7-8,13,15H,6,9-12H2,1-2H3. The zero-order valence-corrected chi connectivity index (χ0v) is 10.9. The van der Waals surface area contributed by atoms with Gasteiger partial charge in [-0.2, -0.15) is 0 Å². The highest BCUT2D eigenvalue weighted by Crippen LogP contribution is 2.31. The van der Waals surface area contributed by atoms with E-state index in [4.69, 9.17) is 4.74 Å². The van der Waals surface area contributed by atoms with Crippen molar-refractivity contribution >= 4 is 0 Å². The van der Waals surface area contributed by atoms with Crippen LogP contribution in [0.5, 0.6) is 0 Å². The summed E-state index contributed by atoms with van der Waals surface area (Å²) >= 11 is 0. The molecule has 0 spiro atoms. The smallest absolute Gasteiger partial charge is 0.0597 e. The summed E-state index contributed by atoms with van der Waals surface area (Å²) < 4.78 is 5.65. The third-order valence-electron chi connectivity index (χ3n) is 3.38. The molecule has 1 aliphatic rings. The van der Waals surface area contributed by atoms with E-state index in [2.05, 4.69) is 49.1 Å². The quantitative estimate of drug-likeness (QED) is 0.774. The average Bonchev–Trinajstić information content (AvgIpc) is 2.78. The largest absolute Gasteiger partial charge is 0.377 e. The number of likely N-dealkylation sites (tertiary alicyclic amines) is 1. The van der Waals surface area contributed by atoms with Crippen molar-refractivity contribution in [1.29, 1.82) is 0 Å². The van der Waals surface area contributed by atoms with E-state index >= 15 is 0 Å². The van der Waals surface area contributed by atoms with Gasteiger partial charge in [-0.1, -0.05) is 30.3 Å². The van der Waals surface area contributed by atoms with E-state index in [1.807, 2.05) is 0 Å². The monoisotopic (exact) mass is 233 g/mol. The van der Waals surface area contributed by atoms with Gasteiger partial charge in [0, 0.05) is 12.6 Å². The molecule has 2 heteroatoms. The van der Waals surface area contributed by atoms with Crippen LogP contribution in [0.1, 0.15) is 38.3 Å². The van der Waals surface area contributed by atoms with Crippen molar-refractivity contribution in [2.75, 3.05) is 19.7 Å². The summed E-state index contributed by atoms with van der Waals surface area (Å²) in [6.45, 7) is 7.30. The summed E-state index contributed by atoms with van der Waals surface area (Å²) in [5, 5.41) is 0. The maximum Gasteiger partial charge on any atom is 0.0597 e. The highest BCUT2D eigenvalue weighted by molar-refractivity contribution is 5.19. The zero-order valence-electron chi connectivity index (χ0n) is 10.9. The fourth-order valence-corrected chi connectivity index (χ4v) is 2.55. The van der Waals surface area contributed by atoms with Gasteiger partial charge >= 0.3 is 0 Å². The molecule has 1 fully saturated rings. The molecule has 94 valence electrons. The average molecular weight is 233 g/mol. The third kappa shape index (κ3) is 3.55. The second-order valence-corrected chi connectivity index (χ2v) is 5.02. The fourth-order valence-electron chi connectivity index (χ4n) is 2.55. The van der Waals surface area contributed by atoms with Crippen molar-refractivity contribution in [1.82, 2.24) is 4.90 Å². The molecule has 0 radical (unpaired) electrons. The van der Waals surface area contributed by atoms with E-state index in [1.165, 1.54) is 24.9 Å². The van der Waals surface area contributed by atoms with Crippen molar-refractivity contribution in [2.45, 2.75) is 38.8 Å². The van der Waals surface area contributed by atoms with Crippen LogP contribution in [0.4, 0.5) is 0 Å². The highest BCUT2D eigenvalue weighted by atomic mass is 16.5. The second kappa shape index (κ2) is 6.18. The molecule has 0 N–H and O–H groups in total. The lowest BCUT2D eigenvalue weighted by atomic mass is 10.0. The molecule has 2 rings (SSSR count). The van der Waals surface area contributed by atoms with E-state index in [1.54, 1.807) is 0 Å². The predicted octanol–water partition coefficient (Wildman–Crippen LogP) is 3.25. The van der Waals surface area contributed by atoms with Crippen LogP contribution in [0.25, 0.3) is 0 Å². The van der Waals surface area contributed by atoms with Crippen LogP contribution in [0.3, 0.4) is 0 Å². The normalized spacial score (nSPS) is 21.2. The number of benzene rings is 1. The van der Waals surface area contributed by atoms with Crippen molar-refractivity contribution in [3.05, 3.63) is 35.9 Å². The van der Waals surface area contributed by atoms with Gasteiger partial charge in [-0.15, -0.1) is 0 Å². The number of hydrogen-bond acceptors (Lipinski definition) is 2. The van der Waals surface area contributed by atoms with Crippen molar-refractivity contribution in [3.63, 3.8) is 0 Å². The van der Waals surface area contributed by atoms with E-state index in [9.17, 15) is 0 Å². The Morgan fingerprint density at radius 3 is 2.76 bits per heavy atom. The molecule has 1 aromatic carbocycles. The third-order valence-corrected chi connectivity index (χ3v) is 3.38. The molecule has 1 atom stereocenters. The molecule has 0 saturated carbocycles. The molecule has 0 amide bonds. The van der Waals surface area contributed by atoms with Crippen LogP contribution in [0, 0.1) is 0 Å². The van der Waals surface area contributed by atoms with Crippen LogP contribution in [0.2, 0.25) is 0 Å². The second-order valence-electron chi connectivity index (χ2n) is 5.02. The Hall–Kier alpha value is -0.860. The topological polar surface area (TPSA) is 12.5 Å². The van der Waals surface area contributed by atoms with E-state index < -0.39 is 0 Å². The van der Waals surface area contributed by atoms with Gasteiger partial charge in [0.1, 0.15) is 0 Å². The molecule has 1 aliphatic heterocycles. The van der Waals surface area contributed by atoms with Crippen molar-refractivity contribution < 1.29 is 4.74 Å². The van der Waals surface area contributed by atoms with Crippen LogP contribution in [-0.4, -0.2) is 30.7 Å². The molecule has 1 heterocycles. The Morgan fingerprint density at radius 2 is 2.06 bits per heavy atom. The number of rotatable bonds is 5. The molecule has 17 heavy (non-hydrogen) atoms. The number of hydrogen-bond donors (Lipinski definition) is 0. The first kappa shape index (κ1) is 12.6. The highest BCUT2D eigenvalue weighted by Gasteiger charge is 2.25. The molecule has 1 aromatic rings. The van der Waals surface area contributed by atoms with Gasteiger partial charge in [0.25, 0.3) is 0 Å². The lowest BCUT2D eigenvalue weighted by Gasteiger charge is -2.25. The first-order valence-corrected chi connectivity index (χ1v) is 6.68. The number of ether oxygens (including phenoxy) is 1. The fraction of sp³-hybridized carbons (Fsp3) is 0.600. The van der Waals surface area contributed by atoms with Gasteiger partial charge < -0.3 is 4.74 Å². The first-order valence-electron chi connectivity index (χ1n) is 6.68. The van der Waals surface area contributed by atoms with Crippen LogP contribution >= 0.6 is 0 Å². The van der Waals surface area contributed by atoms with Gasteiger partial charge in [0.15, 0.2) is 0 Å². The molecule has 0 bridgehead atoms. The minimum absolute atomic E-state index is 0.341. The Labute approximate surface area is 105 Å². The molecule has 0 aromatic heterocycles. The molecule has 1 unspecified atom stereocenters. The Bertz CT molecular complexity index is 323. The van der Waals surface area contributed by atoms with Crippen LogP contribution in [-0.2, 0) is 4.74 Å². The summed E-state index contributed by atoms with van der Waals surface area (Å²) in [6.07, 6.45) is 2.93. The Kier molecular flexibility index (Phi) is 4.57. The first-order chi connectivity index (χ1) is 8.27. The molecular formula is C15H23NO.